The smallest absolute Gasteiger partial charge is 0.225 e. The number of halogens is 1. The summed E-state index contributed by atoms with van der Waals surface area (Å²) in [5, 5.41) is 5.69. The summed E-state index contributed by atoms with van der Waals surface area (Å²) in [6.45, 7) is 4.53. The Morgan fingerprint density at radius 2 is 2.30 bits per heavy atom. The van der Waals surface area contributed by atoms with Gasteiger partial charge in [-0.2, -0.15) is 0 Å². The Morgan fingerprint density at radius 3 is 2.95 bits per heavy atom. The highest BCUT2D eigenvalue weighted by atomic mass is 32.1. The lowest BCUT2D eigenvalue weighted by atomic mass is 10.3. The third kappa shape index (κ3) is 3.54. The number of carbonyl (C=O) groups excluding carboxylic acids is 1. The molecule has 0 saturated heterocycles. The molecule has 0 fully saturated rings. The van der Waals surface area contributed by atoms with E-state index in [1.54, 1.807) is 17.0 Å². The highest BCUT2D eigenvalue weighted by Gasteiger charge is 2.13. The number of hydrogen-bond donors (Lipinski definition) is 1. The number of thiazole rings is 1. The second-order valence-corrected chi connectivity index (χ2v) is 5.09. The van der Waals surface area contributed by atoms with Crippen molar-refractivity contribution in [3.63, 3.8) is 0 Å². The molecule has 0 saturated carbocycles. The van der Waals surface area contributed by atoms with Crippen LogP contribution in [0.25, 0.3) is 0 Å². The first-order valence-electron chi connectivity index (χ1n) is 6.32. The third-order valence-corrected chi connectivity index (χ3v) is 3.68. The predicted molar refractivity (Wildman–Crippen MR) is 79.5 cm³/mol. The normalized spacial score (nSPS) is 10.3. The summed E-state index contributed by atoms with van der Waals surface area (Å²) in [7, 11) is 0. The van der Waals surface area contributed by atoms with Crippen molar-refractivity contribution < 1.29 is 9.18 Å². The summed E-state index contributed by atoms with van der Waals surface area (Å²) in [6.07, 6.45) is 0. The Hall–Kier alpha value is -1.95. The largest absolute Gasteiger partial charge is 0.379 e. The fourth-order valence-corrected chi connectivity index (χ4v) is 2.72. The molecule has 0 aliphatic carbocycles. The molecule has 20 heavy (non-hydrogen) atoms. The minimum absolute atomic E-state index is 0.0218. The van der Waals surface area contributed by atoms with Gasteiger partial charge in [0.15, 0.2) is 5.13 Å². The van der Waals surface area contributed by atoms with Crippen molar-refractivity contribution >= 4 is 28.1 Å². The number of nitrogens with zero attached hydrogens (tertiary/aromatic N) is 2. The van der Waals surface area contributed by atoms with Gasteiger partial charge in [0.2, 0.25) is 5.91 Å². The lowest BCUT2D eigenvalue weighted by Gasteiger charge is -2.14. The van der Waals surface area contributed by atoms with Crippen LogP contribution in [0.1, 0.15) is 19.5 Å². The number of aromatic nitrogens is 1. The molecule has 0 spiro atoms. The van der Waals surface area contributed by atoms with E-state index < -0.39 is 0 Å². The van der Waals surface area contributed by atoms with Crippen LogP contribution in [0.3, 0.4) is 0 Å². The van der Waals surface area contributed by atoms with Crippen LogP contribution in [0, 0.1) is 5.82 Å². The van der Waals surface area contributed by atoms with Gasteiger partial charge in [0, 0.05) is 24.5 Å². The Morgan fingerprint density at radius 1 is 1.50 bits per heavy atom. The summed E-state index contributed by atoms with van der Waals surface area (Å²) in [5.74, 6) is -0.297. The highest BCUT2D eigenvalue weighted by Crippen LogP contribution is 2.21. The number of benzene rings is 1. The minimum atomic E-state index is -0.275. The van der Waals surface area contributed by atoms with E-state index in [9.17, 15) is 9.18 Å². The summed E-state index contributed by atoms with van der Waals surface area (Å²) < 4.78 is 13.0. The maximum Gasteiger partial charge on any atom is 0.225 e. The topological polar surface area (TPSA) is 45.2 Å². The molecule has 0 bridgehead atoms. The van der Waals surface area contributed by atoms with Gasteiger partial charge in [-0.25, -0.2) is 9.37 Å². The number of hydrogen-bond acceptors (Lipinski definition) is 4. The van der Waals surface area contributed by atoms with Gasteiger partial charge in [0.25, 0.3) is 0 Å². The first-order chi connectivity index (χ1) is 9.60. The number of nitrogens with one attached hydrogen (secondary N) is 1. The van der Waals surface area contributed by atoms with Gasteiger partial charge in [0.1, 0.15) is 5.82 Å². The van der Waals surface area contributed by atoms with Crippen molar-refractivity contribution in [1.29, 1.82) is 0 Å². The maximum absolute atomic E-state index is 13.0. The molecule has 2 rings (SSSR count). The van der Waals surface area contributed by atoms with Crippen molar-refractivity contribution in [3.8, 4) is 0 Å². The molecule has 0 unspecified atom stereocenters. The van der Waals surface area contributed by atoms with Gasteiger partial charge < -0.3 is 5.32 Å². The van der Waals surface area contributed by atoms with E-state index in [0.717, 1.165) is 5.69 Å². The van der Waals surface area contributed by atoms with Crippen LogP contribution in [0.15, 0.2) is 29.6 Å². The van der Waals surface area contributed by atoms with E-state index in [0.29, 0.717) is 23.9 Å². The van der Waals surface area contributed by atoms with Crippen LogP contribution >= 0.6 is 11.3 Å². The molecule has 0 atom stereocenters. The maximum atomic E-state index is 13.0. The Bertz CT molecular complexity index is 600. The van der Waals surface area contributed by atoms with Crippen molar-refractivity contribution in [2.24, 2.45) is 0 Å². The van der Waals surface area contributed by atoms with E-state index in [4.69, 9.17) is 0 Å². The second-order valence-electron chi connectivity index (χ2n) is 4.25. The van der Waals surface area contributed by atoms with Crippen LogP contribution in [0.5, 0.6) is 0 Å². The molecule has 0 radical (unpaired) electrons. The molecule has 0 aliphatic heterocycles. The number of carbonyl (C=O) groups is 1. The van der Waals surface area contributed by atoms with Gasteiger partial charge in [-0.05, 0) is 25.1 Å². The van der Waals surface area contributed by atoms with Crippen LogP contribution < -0.4 is 10.2 Å². The van der Waals surface area contributed by atoms with E-state index in [-0.39, 0.29) is 11.7 Å². The SMILES string of the molecule is CCN(C(C)=O)c1nc(CNc2cccc(F)c2)cs1. The fraction of sp³-hybridized carbons (Fsp3) is 0.286. The summed E-state index contributed by atoms with van der Waals surface area (Å²) in [5.41, 5.74) is 1.53. The van der Waals surface area contributed by atoms with Crippen molar-refractivity contribution in [2.45, 2.75) is 20.4 Å². The average Bonchev–Trinajstić information content (AvgIpc) is 2.85. The Balaban J connectivity index is 2.01. The molecule has 1 aromatic carbocycles. The second kappa shape index (κ2) is 6.47. The van der Waals surface area contributed by atoms with Gasteiger partial charge >= 0.3 is 0 Å². The zero-order valence-electron chi connectivity index (χ0n) is 11.4. The first-order valence-corrected chi connectivity index (χ1v) is 7.20. The number of anilines is 2. The lowest BCUT2D eigenvalue weighted by molar-refractivity contribution is -0.116. The van der Waals surface area contributed by atoms with E-state index in [2.05, 4.69) is 10.3 Å². The molecule has 1 aromatic heterocycles. The zero-order valence-corrected chi connectivity index (χ0v) is 12.2. The summed E-state index contributed by atoms with van der Waals surface area (Å²) >= 11 is 1.43. The van der Waals surface area contributed by atoms with Gasteiger partial charge in [0.05, 0.1) is 12.2 Å². The Kier molecular flexibility index (Phi) is 4.68. The van der Waals surface area contributed by atoms with Crippen molar-refractivity contribution in [1.82, 2.24) is 4.98 Å². The van der Waals surface area contributed by atoms with Crippen LogP contribution in [0.2, 0.25) is 0 Å². The fourth-order valence-electron chi connectivity index (χ4n) is 1.79. The molecule has 2 aromatic rings. The molecule has 106 valence electrons. The first kappa shape index (κ1) is 14.5. The molecular weight excluding hydrogens is 277 g/mol. The molecule has 1 amide bonds. The molecule has 1 heterocycles. The Labute approximate surface area is 121 Å². The zero-order chi connectivity index (χ0) is 14.5. The molecule has 0 aliphatic rings. The molecule has 1 N–H and O–H groups in total. The minimum Gasteiger partial charge on any atom is -0.379 e. The highest BCUT2D eigenvalue weighted by molar-refractivity contribution is 7.14. The van der Waals surface area contributed by atoms with Crippen molar-refractivity contribution in [3.05, 3.63) is 41.2 Å². The molecule has 6 heteroatoms. The number of amides is 1. The van der Waals surface area contributed by atoms with Crippen LogP contribution in [0.4, 0.5) is 15.2 Å². The van der Waals surface area contributed by atoms with Crippen LogP contribution in [-0.2, 0) is 11.3 Å². The van der Waals surface area contributed by atoms with E-state index >= 15 is 0 Å². The summed E-state index contributed by atoms with van der Waals surface area (Å²) in [4.78, 5) is 17.5. The summed E-state index contributed by atoms with van der Waals surface area (Å²) in [6, 6.07) is 6.28. The number of rotatable bonds is 5. The lowest BCUT2D eigenvalue weighted by Crippen LogP contribution is -2.27. The standard InChI is InChI=1S/C14H16FN3OS/c1-3-18(10(2)19)14-17-13(9-20-14)8-16-12-6-4-5-11(15)7-12/h4-7,9,16H,3,8H2,1-2H3. The average molecular weight is 293 g/mol. The van der Waals surface area contributed by atoms with Crippen LogP contribution in [-0.4, -0.2) is 17.4 Å². The quantitative estimate of drug-likeness (QED) is 0.920. The van der Waals surface area contributed by atoms with E-state index in [1.807, 2.05) is 12.3 Å². The van der Waals surface area contributed by atoms with Gasteiger partial charge in [-0.15, -0.1) is 11.3 Å². The molecular formula is C14H16FN3OS. The third-order valence-electron chi connectivity index (χ3n) is 2.77. The monoisotopic (exact) mass is 293 g/mol. The predicted octanol–water partition coefficient (Wildman–Crippen LogP) is 3.27. The van der Waals surface area contributed by atoms with Gasteiger partial charge in [-0.1, -0.05) is 6.07 Å². The van der Waals surface area contributed by atoms with E-state index in [1.165, 1.54) is 30.4 Å². The molecule has 4 nitrogen and oxygen atoms in total. The van der Waals surface area contributed by atoms with Gasteiger partial charge in [-0.3, -0.25) is 9.69 Å². The van der Waals surface area contributed by atoms with Crippen molar-refractivity contribution in [2.75, 3.05) is 16.8 Å².